The molecule has 2 aliphatic rings. The number of para-hydroxylation sites is 1. The van der Waals surface area contributed by atoms with Gasteiger partial charge in [0.05, 0.1) is 29.4 Å². The molecule has 0 amide bonds. The Hall–Kier alpha value is -2.63. The molecular formula is C22H20ClN3O2. The number of rotatable bonds is 4. The molecule has 2 aromatic carbocycles. The second kappa shape index (κ2) is 6.47. The summed E-state index contributed by atoms with van der Waals surface area (Å²) in [6, 6.07) is 11.8. The van der Waals surface area contributed by atoms with Gasteiger partial charge in [0, 0.05) is 34.8 Å². The summed E-state index contributed by atoms with van der Waals surface area (Å²) in [6.07, 6.45) is 3.27. The maximum Gasteiger partial charge on any atom is 0.141 e. The van der Waals surface area contributed by atoms with E-state index in [1.54, 1.807) is 7.11 Å². The van der Waals surface area contributed by atoms with Crippen molar-refractivity contribution in [3.05, 3.63) is 52.7 Å². The first-order valence-electron chi connectivity index (χ1n) is 9.38. The van der Waals surface area contributed by atoms with Crippen molar-refractivity contribution in [3.8, 4) is 16.9 Å². The molecule has 5 nitrogen and oxygen atoms in total. The Morgan fingerprint density at radius 3 is 2.82 bits per heavy atom. The second-order valence-electron chi connectivity index (χ2n) is 7.42. The summed E-state index contributed by atoms with van der Waals surface area (Å²) >= 11 is 6.19. The third-order valence-corrected chi connectivity index (χ3v) is 6.08. The van der Waals surface area contributed by atoms with Crippen molar-refractivity contribution in [3.63, 3.8) is 0 Å². The molecule has 1 atom stereocenters. The Morgan fingerprint density at radius 1 is 1.29 bits per heavy atom. The summed E-state index contributed by atoms with van der Waals surface area (Å²) < 4.78 is 5.37. The van der Waals surface area contributed by atoms with Gasteiger partial charge in [-0.15, -0.1) is 0 Å². The number of anilines is 1. The number of nitrogens with zero attached hydrogens (tertiary/aromatic N) is 2. The number of pyridine rings is 1. The Kier molecular flexibility index (Phi) is 4.03. The third kappa shape index (κ3) is 2.58. The zero-order valence-electron chi connectivity index (χ0n) is 15.5. The maximum atomic E-state index is 11.8. The number of ether oxygens (including phenoxy) is 1. The minimum atomic E-state index is -0.293. The summed E-state index contributed by atoms with van der Waals surface area (Å²) in [5, 5.41) is 1.43. The third-order valence-electron chi connectivity index (χ3n) is 5.77. The van der Waals surface area contributed by atoms with Crippen LogP contribution in [0.3, 0.4) is 0 Å². The molecule has 6 heteroatoms. The van der Waals surface area contributed by atoms with Gasteiger partial charge in [-0.1, -0.05) is 35.9 Å². The van der Waals surface area contributed by atoms with Gasteiger partial charge in [0.1, 0.15) is 12.0 Å². The molecule has 142 valence electrons. The van der Waals surface area contributed by atoms with Gasteiger partial charge in [-0.25, -0.2) is 0 Å². The quantitative estimate of drug-likeness (QED) is 0.667. The molecule has 2 heterocycles. The van der Waals surface area contributed by atoms with Gasteiger partial charge in [-0.3, -0.25) is 9.88 Å². The van der Waals surface area contributed by atoms with E-state index in [-0.39, 0.29) is 6.04 Å². The molecule has 0 radical (unpaired) electrons. The van der Waals surface area contributed by atoms with Gasteiger partial charge in [0.25, 0.3) is 0 Å². The monoisotopic (exact) mass is 393 g/mol. The van der Waals surface area contributed by atoms with Gasteiger partial charge < -0.3 is 15.3 Å². The number of aromatic nitrogens is 1. The van der Waals surface area contributed by atoms with Crippen molar-refractivity contribution >= 4 is 34.5 Å². The van der Waals surface area contributed by atoms with E-state index in [1.807, 2.05) is 36.4 Å². The molecule has 3 aromatic rings. The standard InChI is InChI=1S/C22H20ClN3O2/c1-28-19-9-12(5-8-16(19)23)14-3-2-4-15-21(24)20-17(25-22(14)15)10-26(13-6-7-13)18(20)11-27/h2-5,8-9,11,13,18H,6-7,10H2,1H3,(H2,24,25). The van der Waals surface area contributed by atoms with Gasteiger partial charge in [-0.05, 0) is 30.5 Å². The van der Waals surface area contributed by atoms with Crippen molar-refractivity contribution in [2.45, 2.75) is 31.5 Å². The maximum absolute atomic E-state index is 11.8. The Labute approximate surface area is 168 Å². The molecule has 1 aliphatic carbocycles. The fraction of sp³-hybridized carbons (Fsp3) is 0.273. The van der Waals surface area contributed by atoms with Crippen LogP contribution < -0.4 is 10.5 Å². The number of nitrogens with two attached hydrogens (primary N) is 1. The highest BCUT2D eigenvalue weighted by atomic mass is 35.5. The summed E-state index contributed by atoms with van der Waals surface area (Å²) in [6.45, 7) is 0.668. The number of fused-ring (bicyclic) bond motifs is 2. The molecule has 1 aromatic heterocycles. The van der Waals surface area contributed by atoms with Crippen LogP contribution in [0, 0.1) is 0 Å². The molecule has 0 bridgehead atoms. The molecule has 2 N–H and O–H groups in total. The lowest BCUT2D eigenvalue weighted by molar-refractivity contribution is -0.112. The number of carbonyl (C=O) groups is 1. The minimum absolute atomic E-state index is 0.293. The first-order valence-corrected chi connectivity index (χ1v) is 9.76. The summed E-state index contributed by atoms with van der Waals surface area (Å²) in [5.41, 5.74) is 11.8. The number of hydrogen-bond acceptors (Lipinski definition) is 5. The smallest absolute Gasteiger partial charge is 0.141 e. The predicted octanol–water partition coefficient (Wildman–Crippen LogP) is 4.36. The number of carbonyl (C=O) groups excluding carboxylic acids is 1. The molecule has 0 saturated heterocycles. The first-order chi connectivity index (χ1) is 13.6. The van der Waals surface area contributed by atoms with Crippen LogP contribution in [-0.2, 0) is 11.3 Å². The molecule has 1 aliphatic heterocycles. The normalized spacial score (nSPS) is 19.0. The summed E-state index contributed by atoms with van der Waals surface area (Å²) in [4.78, 5) is 19.0. The fourth-order valence-corrected chi connectivity index (χ4v) is 4.43. The Bertz CT molecular complexity index is 1110. The van der Waals surface area contributed by atoms with Crippen molar-refractivity contribution in [1.82, 2.24) is 9.88 Å². The van der Waals surface area contributed by atoms with Gasteiger partial charge >= 0.3 is 0 Å². The lowest BCUT2D eigenvalue weighted by Gasteiger charge is -2.19. The van der Waals surface area contributed by atoms with Crippen molar-refractivity contribution in [1.29, 1.82) is 0 Å². The number of hydrogen-bond donors (Lipinski definition) is 1. The number of benzene rings is 2. The highest BCUT2D eigenvalue weighted by Gasteiger charge is 2.42. The lowest BCUT2D eigenvalue weighted by Crippen LogP contribution is -2.25. The zero-order valence-corrected chi connectivity index (χ0v) is 16.2. The topological polar surface area (TPSA) is 68.5 Å². The number of nitrogen functional groups attached to an aromatic ring is 1. The number of methoxy groups -OCH3 is 1. The van der Waals surface area contributed by atoms with Gasteiger partial charge in [0.2, 0.25) is 0 Å². The predicted molar refractivity (Wildman–Crippen MR) is 111 cm³/mol. The van der Waals surface area contributed by atoms with Crippen molar-refractivity contribution < 1.29 is 9.53 Å². The highest BCUT2D eigenvalue weighted by Crippen LogP contribution is 2.45. The lowest BCUT2D eigenvalue weighted by atomic mass is 9.97. The molecular weight excluding hydrogens is 374 g/mol. The van der Waals surface area contributed by atoms with Crippen LogP contribution in [0.5, 0.6) is 5.75 Å². The largest absolute Gasteiger partial charge is 0.495 e. The van der Waals surface area contributed by atoms with E-state index < -0.39 is 0 Å². The van der Waals surface area contributed by atoms with Gasteiger partial charge in [-0.2, -0.15) is 0 Å². The van der Waals surface area contributed by atoms with Crippen LogP contribution in [0.25, 0.3) is 22.0 Å². The second-order valence-corrected chi connectivity index (χ2v) is 7.83. The number of halogens is 1. The summed E-state index contributed by atoms with van der Waals surface area (Å²) in [5.74, 6) is 0.617. The molecule has 1 unspecified atom stereocenters. The van der Waals surface area contributed by atoms with E-state index in [2.05, 4.69) is 4.90 Å². The van der Waals surface area contributed by atoms with Crippen LogP contribution in [0.2, 0.25) is 5.02 Å². The molecule has 1 saturated carbocycles. The molecule has 1 fully saturated rings. The average molecular weight is 394 g/mol. The first kappa shape index (κ1) is 17.5. The van der Waals surface area contributed by atoms with Crippen LogP contribution in [0.15, 0.2) is 36.4 Å². The van der Waals surface area contributed by atoms with E-state index in [0.29, 0.717) is 29.0 Å². The van der Waals surface area contributed by atoms with Crippen LogP contribution in [-0.4, -0.2) is 29.3 Å². The minimum Gasteiger partial charge on any atom is -0.495 e. The van der Waals surface area contributed by atoms with E-state index in [0.717, 1.165) is 52.4 Å². The highest BCUT2D eigenvalue weighted by molar-refractivity contribution is 6.32. The SMILES string of the molecule is COc1cc(-c2cccc3c(N)c4c(nc23)CN(C2CC2)C4C=O)ccc1Cl. The van der Waals surface area contributed by atoms with Gasteiger partial charge in [0.15, 0.2) is 0 Å². The fourth-order valence-electron chi connectivity index (χ4n) is 4.23. The van der Waals surface area contributed by atoms with Crippen LogP contribution >= 0.6 is 11.6 Å². The molecule has 0 spiro atoms. The Morgan fingerprint density at radius 2 is 2.11 bits per heavy atom. The van der Waals surface area contributed by atoms with Crippen LogP contribution in [0.4, 0.5) is 5.69 Å². The van der Waals surface area contributed by atoms with Crippen molar-refractivity contribution in [2.75, 3.05) is 12.8 Å². The Balaban J connectivity index is 1.71. The van der Waals surface area contributed by atoms with E-state index in [4.69, 9.17) is 27.1 Å². The zero-order chi connectivity index (χ0) is 19.4. The summed E-state index contributed by atoms with van der Waals surface area (Å²) in [7, 11) is 1.60. The van der Waals surface area contributed by atoms with E-state index in [1.165, 1.54) is 0 Å². The van der Waals surface area contributed by atoms with Crippen molar-refractivity contribution in [2.24, 2.45) is 0 Å². The average Bonchev–Trinajstić information content (AvgIpc) is 3.49. The van der Waals surface area contributed by atoms with Crippen LogP contribution in [0.1, 0.15) is 30.1 Å². The van der Waals surface area contributed by atoms with E-state index in [9.17, 15) is 4.79 Å². The van der Waals surface area contributed by atoms with E-state index >= 15 is 0 Å². The molecule has 28 heavy (non-hydrogen) atoms. The molecule has 5 rings (SSSR count). The number of aldehydes is 1.